The van der Waals surface area contributed by atoms with Crippen LogP contribution in [0.15, 0.2) is 83.7 Å². The zero-order valence-electron chi connectivity index (χ0n) is 20.8. The van der Waals surface area contributed by atoms with Crippen LogP contribution in [0.2, 0.25) is 0 Å². The zero-order valence-corrected chi connectivity index (χ0v) is 20.8. The Bertz CT molecular complexity index is 1320. The Morgan fingerprint density at radius 2 is 1.60 bits per heavy atom. The summed E-state index contributed by atoms with van der Waals surface area (Å²) in [5.41, 5.74) is 6.62. The highest BCUT2D eigenvalue weighted by Gasteiger charge is 2.12. The van der Waals surface area contributed by atoms with Crippen molar-refractivity contribution >= 4 is 0 Å². The summed E-state index contributed by atoms with van der Waals surface area (Å²) in [6.07, 6.45) is 4.21. The third-order valence-electron chi connectivity index (χ3n) is 5.89. The Morgan fingerprint density at radius 3 is 2.20 bits per heavy atom. The van der Waals surface area contributed by atoms with E-state index in [1.54, 1.807) is 0 Å². The molecule has 0 aliphatic carbocycles. The predicted octanol–water partition coefficient (Wildman–Crippen LogP) is 6.80. The number of rotatable bonds is 7. The van der Waals surface area contributed by atoms with E-state index in [-0.39, 0.29) is 5.56 Å². The van der Waals surface area contributed by atoms with Crippen LogP contribution >= 0.6 is 0 Å². The molecule has 0 saturated heterocycles. The van der Waals surface area contributed by atoms with Crippen LogP contribution in [0, 0.1) is 18.3 Å². The quantitative estimate of drug-likeness (QED) is 0.328. The summed E-state index contributed by atoms with van der Waals surface area (Å²) in [5.74, 6) is 0.753. The topological polar surface area (TPSA) is 69.5 Å². The monoisotopic (exact) mass is 463 g/mol. The van der Waals surface area contributed by atoms with Gasteiger partial charge in [-0.05, 0) is 42.5 Å². The summed E-state index contributed by atoms with van der Waals surface area (Å²) >= 11 is 0. The number of hydrogen-bond acceptors (Lipinski definition) is 3. The molecule has 0 radical (unpaired) electrons. The lowest BCUT2D eigenvalue weighted by Crippen LogP contribution is -2.20. The first kappa shape index (κ1) is 25.6. The number of hydrogen-bond donors (Lipinski definition) is 1. The van der Waals surface area contributed by atoms with Crippen LogP contribution in [-0.4, -0.2) is 9.97 Å². The standard InChI is InChI=1S/C24H25N3O.C7H8/c1-3-5-10-22-21(24(28)27-23(4-2)26-22)15-17-11-13-18(14-12-17)20-9-7-6-8-19(20)16-25;1-7-5-3-2-4-6-7/h6-9,11-14H,3-5,10,15H2,1-2H3,(H,26,27,28);2-6H,1H3. The normalized spacial score (nSPS) is 10.2. The van der Waals surface area contributed by atoms with Gasteiger partial charge in [0.05, 0.1) is 17.3 Å². The van der Waals surface area contributed by atoms with Crippen molar-refractivity contribution in [2.75, 3.05) is 0 Å². The van der Waals surface area contributed by atoms with Crippen LogP contribution in [0.5, 0.6) is 0 Å². The highest BCUT2D eigenvalue weighted by atomic mass is 16.1. The van der Waals surface area contributed by atoms with Gasteiger partial charge >= 0.3 is 0 Å². The number of benzene rings is 3. The lowest BCUT2D eigenvalue weighted by molar-refractivity contribution is 0.744. The lowest BCUT2D eigenvalue weighted by Gasteiger charge is -2.11. The number of nitrogens with one attached hydrogen (secondary N) is 1. The van der Waals surface area contributed by atoms with Crippen molar-refractivity contribution < 1.29 is 0 Å². The molecule has 4 rings (SSSR count). The molecule has 0 bridgehead atoms. The molecule has 0 saturated carbocycles. The van der Waals surface area contributed by atoms with Crippen LogP contribution in [0.3, 0.4) is 0 Å². The number of aromatic amines is 1. The predicted molar refractivity (Wildman–Crippen MR) is 143 cm³/mol. The van der Waals surface area contributed by atoms with Gasteiger partial charge in [-0.2, -0.15) is 5.26 Å². The summed E-state index contributed by atoms with van der Waals surface area (Å²) in [4.78, 5) is 20.2. The maximum Gasteiger partial charge on any atom is 0.254 e. The van der Waals surface area contributed by atoms with Gasteiger partial charge in [0.1, 0.15) is 5.82 Å². The molecular weight excluding hydrogens is 430 g/mol. The van der Waals surface area contributed by atoms with Crippen LogP contribution in [0.4, 0.5) is 0 Å². The van der Waals surface area contributed by atoms with E-state index in [9.17, 15) is 10.1 Å². The third kappa shape index (κ3) is 7.25. The summed E-state index contributed by atoms with van der Waals surface area (Å²) in [6, 6.07) is 28.2. The summed E-state index contributed by atoms with van der Waals surface area (Å²) in [6.45, 7) is 6.23. The number of aryl methyl sites for hydroxylation is 3. The summed E-state index contributed by atoms with van der Waals surface area (Å²) in [7, 11) is 0. The van der Waals surface area contributed by atoms with Crippen molar-refractivity contribution in [1.29, 1.82) is 5.26 Å². The van der Waals surface area contributed by atoms with Gasteiger partial charge in [-0.1, -0.05) is 98.6 Å². The van der Waals surface area contributed by atoms with Crippen molar-refractivity contribution in [2.24, 2.45) is 0 Å². The van der Waals surface area contributed by atoms with Crippen molar-refractivity contribution in [2.45, 2.75) is 52.9 Å². The van der Waals surface area contributed by atoms with Crippen LogP contribution < -0.4 is 5.56 Å². The minimum absolute atomic E-state index is 0.0307. The minimum Gasteiger partial charge on any atom is -0.310 e. The molecule has 0 spiro atoms. The summed E-state index contributed by atoms with van der Waals surface area (Å²) < 4.78 is 0. The van der Waals surface area contributed by atoms with Crippen LogP contribution in [0.1, 0.15) is 60.5 Å². The Labute approximate surface area is 208 Å². The van der Waals surface area contributed by atoms with Crippen LogP contribution in [-0.2, 0) is 19.3 Å². The maximum atomic E-state index is 12.6. The molecule has 0 aliphatic rings. The second kappa shape index (κ2) is 13.1. The van der Waals surface area contributed by atoms with E-state index in [0.29, 0.717) is 12.0 Å². The number of unbranched alkanes of at least 4 members (excludes halogenated alkanes) is 1. The van der Waals surface area contributed by atoms with Crippen molar-refractivity contribution in [3.05, 3.63) is 123 Å². The van der Waals surface area contributed by atoms with E-state index in [1.807, 2.05) is 73.7 Å². The molecule has 4 nitrogen and oxygen atoms in total. The van der Waals surface area contributed by atoms with Gasteiger partial charge in [0.15, 0.2) is 0 Å². The molecule has 0 atom stereocenters. The molecule has 0 aliphatic heterocycles. The van der Waals surface area contributed by atoms with Crippen molar-refractivity contribution in [3.8, 4) is 17.2 Å². The van der Waals surface area contributed by atoms with Crippen molar-refractivity contribution in [1.82, 2.24) is 9.97 Å². The smallest absolute Gasteiger partial charge is 0.254 e. The van der Waals surface area contributed by atoms with Gasteiger partial charge in [0.25, 0.3) is 5.56 Å². The number of nitrogens with zero attached hydrogens (tertiary/aromatic N) is 2. The zero-order chi connectivity index (χ0) is 25.0. The molecule has 1 N–H and O–H groups in total. The third-order valence-corrected chi connectivity index (χ3v) is 5.89. The van der Waals surface area contributed by atoms with Gasteiger partial charge in [-0.3, -0.25) is 4.79 Å². The Hall–Kier alpha value is -3.97. The number of H-pyrrole nitrogens is 1. The SMILES string of the molecule is CCCCc1nc(CC)[nH]c(=O)c1Cc1ccc(-c2ccccc2C#N)cc1.Cc1ccccc1. The minimum atomic E-state index is -0.0307. The molecule has 0 unspecified atom stereocenters. The summed E-state index contributed by atoms with van der Waals surface area (Å²) in [5, 5.41) is 9.31. The average Bonchev–Trinajstić information content (AvgIpc) is 2.90. The second-order valence-corrected chi connectivity index (χ2v) is 8.58. The fourth-order valence-electron chi connectivity index (χ4n) is 3.87. The molecule has 1 heterocycles. The van der Waals surface area contributed by atoms with Crippen LogP contribution in [0.25, 0.3) is 11.1 Å². The molecule has 0 amide bonds. The largest absolute Gasteiger partial charge is 0.310 e. The van der Waals surface area contributed by atoms with Gasteiger partial charge < -0.3 is 4.98 Å². The number of nitriles is 1. The first-order valence-electron chi connectivity index (χ1n) is 12.3. The molecule has 1 aromatic heterocycles. The molecule has 4 heteroatoms. The van der Waals surface area contributed by atoms with Gasteiger partial charge in [0.2, 0.25) is 0 Å². The highest BCUT2D eigenvalue weighted by molar-refractivity contribution is 5.70. The van der Waals surface area contributed by atoms with Gasteiger partial charge in [0, 0.05) is 18.4 Å². The lowest BCUT2D eigenvalue weighted by atomic mass is 9.97. The first-order valence-corrected chi connectivity index (χ1v) is 12.3. The molecule has 4 aromatic rings. The highest BCUT2D eigenvalue weighted by Crippen LogP contribution is 2.24. The second-order valence-electron chi connectivity index (χ2n) is 8.58. The Balaban J connectivity index is 0.000000420. The average molecular weight is 464 g/mol. The van der Waals surface area contributed by atoms with E-state index in [2.05, 4.69) is 42.0 Å². The first-order chi connectivity index (χ1) is 17.0. The molecular formula is C31H33N3O. The van der Waals surface area contributed by atoms with E-state index in [0.717, 1.165) is 59.5 Å². The van der Waals surface area contributed by atoms with E-state index < -0.39 is 0 Å². The molecule has 178 valence electrons. The van der Waals surface area contributed by atoms with E-state index >= 15 is 0 Å². The van der Waals surface area contributed by atoms with Crippen molar-refractivity contribution in [3.63, 3.8) is 0 Å². The fourth-order valence-corrected chi connectivity index (χ4v) is 3.87. The van der Waals surface area contributed by atoms with Gasteiger partial charge in [-0.15, -0.1) is 0 Å². The molecule has 35 heavy (non-hydrogen) atoms. The Kier molecular flexibility index (Phi) is 9.57. The van der Waals surface area contributed by atoms with Gasteiger partial charge in [-0.25, -0.2) is 4.98 Å². The fraction of sp³-hybridized carbons (Fsp3) is 0.258. The van der Waals surface area contributed by atoms with E-state index in [4.69, 9.17) is 0 Å². The Morgan fingerprint density at radius 1 is 0.914 bits per heavy atom. The molecule has 0 fully saturated rings. The molecule has 3 aromatic carbocycles. The maximum absolute atomic E-state index is 12.6. The number of aromatic nitrogens is 2. The van der Waals surface area contributed by atoms with E-state index in [1.165, 1.54) is 5.56 Å².